The third kappa shape index (κ3) is 3.31. The van der Waals surface area contributed by atoms with Gasteiger partial charge in [-0.1, -0.05) is 0 Å². The standard InChI is InChI=1S/C8H13N5O3/c1-5(9)7(14)12-6(8(15)16)2-13-4-10-3-11-13/h3-6H,2,9H2,1H3,(H,12,14)(H,15,16). The number of nitrogens with zero attached hydrogens (tertiary/aromatic N) is 3. The Morgan fingerprint density at radius 1 is 1.62 bits per heavy atom. The minimum atomic E-state index is -1.15. The highest BCUT2D eigenvalue weighted by molar-refractivity contribution is 5.86. The molecular weight excluding hydrogens is 214 g/mol. The Bertz CT molecular complexity index is 362. The molecule has 1 heterocycles. The summed E-state index contributed by atoms with van der Waals surface area (Å²) in [5.41, 5.74) is 5.32. The van der Waals surface area contributed by atoms with Crippen molar-refractivity contribution in [1.82, 2.24) is 20.1 Å². The van der Waals surface area contributed by atoms with Crippen LogP contribution in [0, 0.1) is 0 Å². The summed E-state index contributed by atoms with van der Waals surface area (Å²) in [6, 6.07) is -1.82. The van der Waals surface area contributed by atoms with Crippen molar-refractivity contribution in [3.63, 3.8) is 0 Å². The number of hydrogen-bond donors (Lipinski definition) is 3. The Morgan fingerprint density at radius 2 is 2.31 bits per heavy atom. The minimum Gasteiger partial charge on any atom is -0.480 e. The molecule has 0 saturated heterocycles. The Hall–Kier alpha value is -1.96. The van der Waals surface area contributed by atoms with Gasteiger partial charge in [0.15, 0.2) is 0 Å². The van der Waals surface area contributed by atoms with Crippen molar-refractivity contribution in [2.75, 3.05) is 0 Å². The molecule has 0 saturated carbocycles. The summed E-state index contributed by atoms with van der Waals surface area (Å²) in [4.78, 5) is 25.8. The van der Waals surface area contributed by atoms with Gasteiger partial charge in [-0.2, -0.15) is 5.10 Å². The third-order valence-electron chi connectivity index (χ3n) is 1.86. The number of nitrogens with two attached hydrogens (primary N) is 1. The predicted molar refractivity (Wildman–Crippen MR) is 53.2 cm³/mol. The maximum Gasteiger partial charge on any atom is 0.328 e. The third-order valence-corrected chi connectivity index (χ3v) is 1.86. The van der Waals surface area contributed by atoms with Crippen molar-refractivity contribution in [2.24, 2.45) is 5.73 Å². The molecule has 1 amide bonds. The van der Waals surface area contributed by atoms with E-state index in [1.165, 1.54) is 24.3 Å². The van der Waals surface area contributed by atoms with E-state index < -0.39 is 24.0 Å². The van der Waals surface area contributed by atoms with Crippen molar-refractivity contribution < 1.29 is 14.7 Å². The number of carbonyl (C=O) groups is 2. The van der Waals surface area contributed by atoms with E-state index in [-0.39, 0.29) is 6.54 Å². The summed E-state index contributed by atoms with van der Waals surface area (Å²) in [6.07, 6.45) is 2.65. The number of aliphatic carboxylic acids is 1. The van der Waals surface area contributed by atoms with Crippen LogP contribution < -0.4 is 11.1 Å². The van der Waals surface area contributed by atoms with E-state index in [0.29, 0.717) is 0 Å². The highest BCUT2D eigenvalue weighted by Gasteiger charge is 2.22. The first-order valence-corrected chi connectivity index (χ1v) is 4.62. The number of amides is 1. The Labute approximate surface area is 91.5 Å². The van der Waals surface area contributed by atoms with Crippen LogP contribution in [-0.2, 0) is 16.1 Å². The van der Waals surface area contributed by atoms with E-state index in [2.05, 4.69) is 15.4 Å². The molecule has 2 unspecified atom stereocenters. The zero-order valence-corrected chi connectivity index (χ0v) is 8.70. The van der Waals surface area contributed by atoms with Gasteiger partial charge in [-0.15, -0.1) is 0 Å². The molecule has 1 aromatic rings. The van der Waals surface area contributed by atoms with Gasteiger partial charge in [-0.25, -0.2) is 9.78 Å². The lowest BCUT2D eigenvalue weighted by Gasteiger charge is -2.15. The van der Waals surface area contributed by atoms with Crippen molar-refractivity contribution >= 4 is 11.9 Å². The van der Waals surface area contributed by atoms with E-state index in [9.17, 15) is 9.59 Å². The molecule has 8 nitrogen and oxygen atoms in total. The van der Waals surface area contributed by atoms with Crippen molar-refractivity contribution in [1.29, 1.82) is 0 Å². The smallest absolute Gasteiger partial charge is 0.328 e. The summed E-state index contributed by atoms with van der Waals surface area (Å²) < 4.78 is 1.32. The van der Waals surface area contributed by atoms with E-state index in [1.54, 1.807) is 0 Å². The fourth-order valence-corrected chi connectivity index (χ4v) is 1.00. The first-order chi connectivity index (χ1) is 7.50. The van der Waals surface area contributed by atoms with Crippen LogP contribution in [0.4, 0.5) is 0 Å². The molecule has 16 heavy (non-hydrogen) atoms. The zero-order chi connectivity index (χ0) is 12.1. The second kappa shape index (κ2) is 5.21. The minimum absolute atomic E-state index is 0.00773. The monoisotopic (exact) mass is 227 g/mol. The van der Waals surface area contributed by atoms with Gasteiger partial charge in [0.1, 0.15) is 18.7 Å². The molecule has 0 fully saturated rings. The molecule has 0 aromatic carbocycles. The quantitative estimate of drug-likeness (QED) is 0.545. The number of carbonyl (C=O) groups excluding carboxylic acids is 1. The number of carboxylic acid groups (broad SMARTS) is 1. The largest absolute Gasteiger partial charge is 0.480 e. The Morgan fingerprint density at radius 3 is 2.75 bits per heavy atom. The average Bonchev–Trinajstić information content (AvgIpc) is 2.68. The molecule has 2 atom stereocenters. The van der Waals surface area contributed by atoms with Gasteiger partial charge >= 0.3 is 5.97 Å². The lowest BCUT2D eigenvalue weighted by molar-refractivity contribution is -0.142. The SMILES string of the molecule is CC(N)C(=O)NC(Cn1cncn1)C(=O)O. The summed E-state index contributed by atoms with van der Waals surface area (Å²) in [7, 11) is 0. The Balaban J connectivity index is 2.62. The maximum absolute atomic E-state index is 11.2. The van der Waals surface area contributed by atoms with Crippen LogP contribution in [0.1, 0.15) is 6.92 Å². The van der Waals surface area contributed by atoms with Gasteiger partial charge < -0.3 is 16.2 Å². The number of rotatable bonds is 5. The molecule has 1 aromatic heterocycles. The fraction of sp³-hybridized carbons (Fsp3) is 0.500. The van der Waals surface area contributed by atoms with E-state index >= 15 is 0 Å². The molecule has 0 aliphatic rings. The van der Waals surface area contributed by atoms with Crippen molar-refractivity contribution in [3.05, 3.63) is 12.7 Å². The zero-order valence-electron chi connectivity index (χ0n) is 8.70. The lowest BCUT2D eigenvalue weighted by atomic mass is 10.2. The topological polar surface area (TPSA) is 123 Å². The first-order valence-electron chi connectivity index (χ1n) is 4.62. The van der Waals surface area contributed by atoms with Crippen molar-refractivity contribution in [2.45, 2.75) is 25.6 Å². The predicted octanol–water partition coefficient (Wildman–Crippen LogP) is -1.81. The van der Waals surface area contributed by atoms with Crippen LogP contribution in [0.5, 0.6) is 0 Å². The van der Waals surface area contributed by atoms with Gasteiger partial charge in [-0.05, 0) is 6.92 Å². The number of hydrogen-bond acceptors (Lipinski definition) is 5. The van der Waals surface area contributed by atoms with Crippen LogP contribution >= 0.6 is 0 Å². The van der Waals surface area contributed by atoms with Gasteiger partial charge in [-0.3, -0.25) is 9.48 Å². The summed E-state index contributed by atoms with van der Waals surface area (Å²) in [5.74, 6) is -1.67. The second-order valence-corrected chi connectivity index (χ2v) is 3.31. The molecule has 8 heteroatoms. The Kier molecular flexibility index (Phi) is 3.95. The van der Waals surface area contributed by atoms with Crippen LogP contribution in [-0.4, -0.2) is 43.8 Å². The molecule has 0 aliphatic carbocycles. The number of nitrogens with one attached hydrogen (secondary N) is 1. The van der Waals surface area contributed by atoms with Crippen LogP contribution in [0.2, 0.25) is 0 Å². The molecule has 0 bridgehead atoms. The molecule has 0 aliphatic heterocycles. The number of carboxylic acids is 1. The summed E-state index contributed by atoms with van der Waals surface area (Å²) >= 11 is 0. The summed E-state index contributed by atoms with van der Waals surface area (Å²) in [6.45, 7) is 1.48. The van der Waals surface area contributed by atoms with Gasteiger partial charge in [0.2, 0.25) is 5.91 Å². The summed E-state index contributed by atoms with van der Waals surface area (Å²) in [5, 5.41) is 14.9. The molecule has 4 N–H and O–H groups in total. The molecule has 0 spiro atoms. The van der Waals surface area contributed by atoms with Crippen LogP contribution in [0.15, 0.2) is 12.7 Å². The van der Waals surface area contributed by atoms with Crippen LogP contribution in [0.25, 0.3) is 0 Å². The van der Waals surface area contributed by atoms with E-state index in [4.69, 9.17) is 10.8 Å². The molecule has 88 valence electrons. The van der Waals surface area contributed by atoms with Crippen molar-refractivity contribution in [3.8, 4) is 0 Å². The fourth-order valence-electron chi connectivity index (χ4n) is 1.00. The highest BCUT2D eigenvalue weighted by atomic mass is 16.4. The molecule has 0 radical (unpaired) electrons. The van der Waals surface area contributed by atoms with Gasteiger partial charge in [0.05, 0.1) is 12.6 Å². The van der Waals surface area contributed by atoms with Gasteiger partial charge in [0.25, 0.3) is 0 Å². The van der Waals surface area contributed by atoms with Crippen LogP contribution in [0.3, 0.4) is 0 Å². The lowest BCUT2D eigenvalue weighted by Crippen LogP contribution is -2.49. The van der Waals surface area contributed by atoms with Gasteiger partial charge in [0, 0.05) is 0 Å². The average molecular weight is 227 g/mol. The maximum atomic E-state index is 11.2. The number of aromatic nitrogens is 3. The van der Waals surface area contributed by atoms with E-state index in [1.807, 2.05) is 0 Å². The molecule has 1 rings (SSSR count). The molecular formula is C8H13N5O3. The first kappa shape index (κ1) is 12.1. The second-order valence-electron chi connectivity index (χ2n) is 3.31. The van der Waals surface area contributed by atoms with E-state index in [0.717, 1.165) is 0 Å². The normalized spacial score (nSPS) is 14.1. The highest BCUT2D eigenvalue weighted by Crippen LogP contribution is 1.92.